The quantitative estimate of drug-likeness (QED) is 0.785. The number of aromatic nitrogens is 1. The summed E-state index contributed by atoms with van der Waals surface area (Å²) in [5.41, 5.74) is -2.59. The molecule has 1 saturated heterocycles. The van der Waals surface area contributed by atoms with E-state index in [1.54, 1.807) is 0 Å². The van der Waals surface area contributed by atoms with Crippen molar-refractivity contribution in [3.63, 3.8) is 0 Å². The molecule has 0 saturated carbocycles. The minimum atomic E-state index is -4.78. The van der Waals surface area contributed by atoms with Gasteiger partial charge in [-0.2, -0.15) is 13.2 Å². The Bertz CT molecular complexity index is 802. The first-order chi connectivity index (χ1) is 11.5. The van der Waals surface area contributed by atoms with Crippen molar-refractivity contribution in [3.05, 3.63) is 34.2 Å². The molecule has 2 heterocycles. The number of rotatable bonds is 4. The molecule has 1 amide bonds. The molecule has 0 aliphatic carbocycles. The molecular formula is C15H19F3N2O4S. The maximum atomic E-state index is 12.8. The van der Waals surface area contributed by atoms with Gasteiger partial charge in [0, 0.05) is 25.5 Å². The van der Waals surface area contributed by atoms with E-state index in [0.29, 0.717) is 25.5 Å². The highest BCUT2D eigenvalue weighted by molar-refractivity contribution is 7.90. The van der Waals surface area contributed by atoms with Gasteiger partial charge in [0.1, 0.15) is 21.9 Å². The predicted octanol–water partition coefficient (Wildman–Crippen LogP) is 1.15. The van der Waals surface area contributed by atoms with Crippen LogP contribution in [0.3, 0.4) is 0 Å². The number of hydrogen-bond acceptors (Lipinski definition) is 4. The first-order valence-corrected chi connectivity index (χ1v) is 9.75. The minimum Gasteiger partial charge on any atom is -0.341 e. The Hall–Kier alpha value is -1.84. The Morgan fingerprint density at radius 1 is 1.36 bits per heavy atom. The molecule has 0 radical (unpaired) electrons. The number of carbonyl (C=O) groups is 1. The molecule has 6 nitrogen and oxygen atoms in total. The topological polar surface area (TPSA) is 76.5 Å². The lowest BCUT2D eigenvalue weighted by atomic mass is 10.00. The fourth-order valence-corrected chi connectivity index (χ4v) is 4.11. The van der Waals surface area contributed by atoms with Crippen LogP contribution in [0.2, 0.25) is 0 Å². The van der Waals surface area contributed by atoms with Crippen molar-refractivity contribution in [3.8, 4) is 0 Å². The van der Waals surface area contributed by atoms with E-state index in [4.69, 9.17) is 0 Å². The van der Waals surface area contributed by atoms with Crippen LogP contribution in [-0.2, 0) is 27.4 Å². The van der Waals surface area contributed by atoms with Crippen LogP contribution in [-0.4, -0.2) is 48.9 Å². The summed E-state index contributed by atoms with van der Waals surface area (Å²) in [7, 11) is -3.18. The van der Waals surface area contributed by atoms with Crippen molar-refractivity contribution < 1.29 is 26.4 Å². The van der Waals surface area contributed by atoms with Crippen molar-refractivity contribution in [1.29, 1.82) is 0 Å². The maximum absolute atomic E-state index is 12.8. The van der Waals surface area contributed by atoms with Gasteiger partial charge < -0.3 is 9.47 Å². The van der Waals surface area contributed by atoms with Gasteiger partial charge in [0.05, 0.1) is 5.75 Å². The Balaban J connectivity index is 2.11. The Labute approximate surface area is 143 Å². The number of hydrogen-bond donors (Lipinski definition) is 0. The average Bonchev–Trinajstić information content (AvgIpc) is 2.46. The first kappa shape index (κ1) is 19.5. The highest BCUT2D eigenvalue weighted by atomic mass is 32.2. The zero-order valence-electron chi connectivity index (χ0n) is 13.6. The third-order valence-electron chi connectivity index (χ3n) is 4.04. The fraction of sp³-hybridized carbons (Fsp3) is 0.600. The Kier molecular flexibility index (Phi) is 5.60. The van der Waals surface area contributed by atoms with E-state index < -0.39 is 39.6 Å². The van der Waals surface area contributed by atoms with Gasteiger partial charge >= 0.3 is 6.18 Å². The predicted molar refractivity (Wildman–Crippen MR) is 84.7 cm³/mol. The van der Waals surface area contributed by atoms with E-state index >= 15 is 0 Å². The third kappa shape index (κ3) is 5.32. The highest BCUT2D eigenvalue weighted by Crippen LogP contribution is 2.26. The van der Waals surface area contributed by atoms with E-state index in [-0.39, 0.29) is 18.2 Å². The molecule has 1 aliphatic heterocycles. The molecule has 2 rings (SSSR count). The van der Waals surface area contributed by atoms with Crippen LogP contribution in [0.4, 0.5) is 13.2 Å². The van der Waals surface area contributed by atoms with Crippen LogP contribution < -0.4 is 5.56 Å². The number of alkyl halides is 3. The summed E-state index contributed by atoms with van der Waals surface area (Å²) < 4.78 is 61.8. The second kappa shape index (κ2) is 7.19. The van der Waals surface area contributed by atoms with E-state index in [9.17, 15) is 31.2 Å². The molecule has 1 aromatic heterocycles. The highest BCUT2D eigenvalue weighted by Gasteiger charge is 2.34. The number of likely N-dealkylation sites (tertiary alicyclic amines) is 1. The number of amides is 1. The molecular weight excluding hydrogens is 361 g/mol. The van der Waals surface area contributed by atoms with Crippen LogP contribution in [0, 0.1) is 5.92 Å². The standard InChI is InChI=1S/C15H19F3N2O4S/c1-25(23,24)10-11-4-2-6-19(8-11)13(21)9-20-7-3-5-12(14(20)22)15(16,17)18/h3,5,7,11H,2,4,6,8-10H2,1H3. The van der Waals surface area contributed by atoms with Crippen LogP contribution in [0.1, 0.15) is 18.4 Å². The summed E-state index contributed by atoms with van der Waals surface area (Å²) in [6.07, 6.45) is -1.25. The summed E-state index contributed by atoms with van der Waals surface area (Å²) in [5.74, 6) is -0.745. The molecule has 25 heavy (non-hydrogen) atoms. The Morgan fingerprint density at radius 3 is 2.64 bits per heavy atom. The molecule has 140 valence electrons. The second-order valence-corrected chi connectivity index (χ2v) is 8.48. The van der Waals surface area contributed by atoms with E-state index in [1.165, 1.54) is 4.90 Å². The largest absolute Gasteiger partial charge is 0.421 e. The van der Waals surface area contributed by atoms with Gasteiger partial charge in [-0.1, -0.05) is 0 Å². The average molecular weight is 380 g/mol. The molecule has 0 N–H and O–H groups in total. The molecule has 1 aliphatic rings. The first-order valence-electron chi connectivity index (χ1n) is 7.69. The van der Waals surface area contributed by atoms with Gasteiger partial charge in [-0.25, -0.2) is 8.42 Å². The lowest BCUT2D eigenvalue weighted by molar-refractivity contribution is -0.140. The summed E-state index contributed by atoms with van der Waals surface area (Å²) in [6.45, 7) is 0.112. The van der Waals surface area contributed by atoms with Gasteiger partial charge in [-0.05, 0) is 30.9 Å². The van der Waals surface area contributed by atoms with E-state index in [1.807, 2.05) is 0 Å². The molecule has 1 fully saturated rings. The molecule has 1 unspecified atom stereocenters. The number of halogens is 3. The number of sulfone groups is 1. The van der Waals surface area contributed by atoms with Crippen LogP contribution >= 0.6 is 0 Å². The summed E-state index contributed by atoms with van der Waals surface area (Å²) in [6, 6.07) is 1.74. The van der Waals surface area contributed by atoms with Crippen molar-refractivity contribution in [2.45, 2.75) is 25.6 Å². The zero-order valence-corrected chi connectivity index (χ0v) is 14.4. The monoisotopic (exact) mass is 380 g/mol. The normalized spacial score (nSPS) is 19.0. The Morgan fingerprint density at radius 2 is 2.04 bits per heavy atom. The van der Waals surface area contributed by atoms with Gasteiger partial charge in [-0.3, -0.25) is 9.59 Å². The van der Waals surface area contributed by atoms with Crippen molar-refractivity contribution in [1.82, 2.24) is 9.47 Å². The van der Waals surface area contributed by atoms with Crippen molar-refractivity contribution in [2.75, 3.05) is 25.1 Å². The van der Waals surface area contributed by atoms with E-state index in [2.05, 4.69) is 0 Å². The van der Waals surface area contributed by atoms with Crippen molar-refractivity contribution >= 4 is 15.7 Å². The molecule has 1 aromatic rings. The number of piperidine rings is 1. The van der Waals surface area contributed by atoms with Gasteiger partial charge in [0.25, 0.3) is 5.56 Å². The van der Waals surface area contributed by atoms with Gasteiger partial charge in [0.15, 0.2) is 0 Å². The van der Waals surface area contributed by atoms with E-state index in [0.717, 1.165) is 23.1 Å². The molecule has 10 heteroatoms. The zero-order chi connectivity index (χ0) is 18.8. The van der Waals surface area contributed by atoms with Gasteiger partial charge in [-0.15, -0.1) is 0 Å². The summed E-state index contributed by atoms with van der Waals surface area (Å²) >= 11 is 0. The third-order valence-corrected chi connectivity index (χ3v) is 5.12. The van der Waals surface area contributed by atoms with Gasteiger partial charge in [0.2, 0.25) is 5.91 Å². The lowest BCUT2D eigenvalue weighted by Crippen LogP contribution is -2.44. The smallest absolute Gasteiger partial charge is 0.341 e. The molecule has 0 aromatic carbocycles. The number of carbonyl (C=O) groups excluding carboxylic acids is 1. The minimum absolute atomic E-state index is 0.0414. The van der Waals surface area contributed by atoms with Crippen LogP contribution in [0.5, 0.6) is 0 Å². The molecule has 1 atom stereocenters. The molecule has 0 bridgehead atoms. The van der Waals surface area contributed by atoms with Crippen LogP contribution in [0.25, 0.3) is 0 Å². The summed E-state index contributed by atoms with van der Waals surface area (Å²) in [4.78, 5) is 25.6. The second-order valence-electron chi connectivity index (χ2n) is 6.29. The lowest BCUT2D eigenvalue weighted by Gasteiger charge is -2.32. The van der Waals surface area contributed by atoms with Crippen molar-refractivity contribution in [2.24, 2.45) is 5.92 Å². The number of nitrogens with zero attached hydrogens (tertiary/aromatic N) is 2. The fourth-order valence-electron chi connectivity index (χ4n) is 2.98. The molecule has 0 spiro atoms. The number of pyridine rings is 1. The summed E-state index contributed by atoms with van der Waals surface area (Å²) in [5, 5.41) is 0. The van der Waals surface area contributed by atoms with Crippen LogP contribution in [0.15, 0.2) is 23.1 Å². The SMILES string of the molecule is CS(=O)(=O)CC1CCCN(C(=O)Cn2cccc(C(F)(F)F)c2=O)C1. The maximum Gasteiger partial charge on any atom is 0.421 e.